The van der Waals surface area contributed by atoms with Crippen molar-refractivity contribution in [3.05, 3.63) is 0 Å². The van der Waals surface area contributed by atoms with Crippen LogP contribution in [0.1, 0.15) is 90.9 Å². The quantitative estimate of drug-likeness (QED) is 0.150. The minimum atomic E-state index is -0.189. The maximum Gasteiger partial charge on any atom is 0.305 e. The molecule has 0 saturated carbocycles. The lowest BCUT2D eigenvalue weighted by Crippen LogP contribution is -2.22. The topological polar surface area (TPSA) is 52.6 Å². The lowest BCUT2D eigenvalue weighted by molar-refractivity contribution is -0.146. The first kappa shape index (κ1) is 26.6. The van der Waals surface area contributed by atoms with Crippen molar-refractivity contribution >= 4 is 23.9 Å². The van der Waals surface area contributed by atoms with Crippen LogP contribution in [0.3, 0.4) is 0 Å². The highest BCUT2D eigenvalue weighted by atomic mass is 35.5. The molecule has 0 saturated heterocycles. The van der Waals surface area contributed by atoms with Crippen LogP contribution in [0.15, 0.2) is 0 Å². The fraction of sp³-hybridized carbons (Fsp3) is 0.900. The first-order valence-electron chi connectivity index (χ1n) is 9.84. The van der Waals surface area contributed by atoms with Crippen LogP contribution in [0.5, 0.6) is 0 Å². The first-order valence-corrected chi connectivity index (χ1v) is 10.4. The number of unbranched alkanes of at least 4 members (excludes halogenated alkanes) is 9. The summed E-state index contributed by atoms with van der Waals surface area (Å²) in [7, 11) is 1.56. The molecule has 0 aliphatic rings. The van der Waals surface area contributed by atoms with Gasteiger partial charge in [-0.25, -0.2) is 0 Å². The monoisotopic (exact) mass is 378 g/mol. The fourth-order valence-corrected chi connectivity index (χ4v) is 2.35. The number of alkyl halides is 1. The van der Waals surface area contributed by atoms with E-state index in [4.69, 9.17) is 21.1 Å². The third-order valence-electron chi connectivity index (χ3n) is 3.85. The van der Waals surface area contributed by atoms with Gasteiger partial charge in [0.25, 0.3) is 0 Å². The average Bonchev–Trinajstić information content (AvgIpc) is 2.63. The maximum atomic E-state index is 11.3. The molecule has 0 aliphatic heterocycles. The van der Waals surface area contributed by atoms with Gasteiger partial charge in [0.15, 0.2) is 0 Å². The second-order valence-electron chi connectivity index (χ2n) is 6.23. The summed E-state index contributed by atoms with van der Waals surface area (Å²) in [4.78, 5) is 21.1. The summed E-state index contributed by atoms with van der Waals surface area (Å²) >= 11 is 5.60. The average molecular weight is 379 g/mol. The van der Waals surface area contributed by atoms with E-state index in [1.54, 1.807) is 7.11 Å². The van der Waals surface area contributed by atoms with Crippen molar-refractivity contribution in [3.8, 4) is 0 Å². The summed E-state index contributed by atoms with van der Waals surface area (Å²) in [5.41, 5.74) is 0. The summed E-state index contributed by atoms with van der Waals surface area (Å²) in [6.45, 7) is 4.62. The van der Waals surface area contributed by atoms with Crippen LogP contribution in [0.25, 0.3) is 0 Å². The van der Waals surface area contributed by atoms with Crippen LogP contribution >= 0.6 is 11.6 Å². The minimum Gasteiger partial charge on any atom is -0.463 e. The third kappa shape index (κ3) is 23.4. The zero-order valence-electron chi connectivity index (χ0n) is 16.6. The molecule has 0 bridgehead atoms. The third-order valence-corrected chi connectivity index (χ3v) is 4.19. The molecule has 1 unspecified atom stereocenters. The second-order valence-corrected chi connectivity index (χ2v) is 6.54. The molecule has 0 aromatic carbocycles. The Kier molecular flexibility index (Phi) is 24.9. The van der Waals surface area contributed by atoms with Gasteiger partial charge >= 0.3 is 5.97 Å². The molecule has 0 radical (unpaired) electrons. The van der Waals surface area contributed by atoms with E-state index in [0.717, 1.165) is 32.0 Å². The van der Waals surface area contributed by atoms with Crippen LogP contribution in [0.2, 0.25) is 0 Å². The normalized spacial score (nSPS) is 11.4. The molecule has 0 fully saturated rings. The second kappa shape index (κ2) is 23.4. The van der Waals surface area contributed by atoms with E-state index in [-0.39, 0.29) is 18.7 Å². The highest BCUT2D eigenvalue weighted by Crippen LogP contribution is 2.06. The Bertz CT molecular complexity index is 281. The Hall–Kier alpha value is -0.610. The Morgan fingerprint density at radius 3 is 2.00 bits per heavy atom. The Morgan fingerprint density at radius 1 is 0.960 bits per heavy atom. The molecule has 25 heavy (non-hydrogen) atoms. The van der Waals surface area contributed by atoms with Crippen molar-refractivity contribution in [1.82, 2.24) is 0 Å². The number of carbonyl (C=O) groups excluding carboxylic acids is 2. The largest absolute Gasteiger partial charge is 0.463 e. The predicted octanol–water partition coefficient (Wildman–Crippen LogP) is 5.69. The van der Waals surface area contributed by atoms with E-state index in [2.05, 4.69) is 13.8 Å². The van der Waals surface area contributed by atoms with Crippen molar-refractivity contribution in [2.75, 3.05) is 19.6 Å². The maximum absolute atomic E-state index is 11.3. The number of methoxy groups -OCH3 is 1. The van der Waals surface area contributed by atoms with Crippen LogP contribution in [0.4, 0.5) is 0 Å². The van der Waals surface area contributed by atoms with Crippen LogP contribution < -0.4 is 0 Å². The Morgan fingerprint density at radius 2 is 1.52 bits per heavy atom. The van der Waals surface area contributed by atoms with Gasteiger partial charge in [-0.2, -0.15) is 0 Å². The van der Waals surface area contributed by atoms with Gasteiger partial charge in [-0.15, -0.1) is 11.6 Å². The van der Waals surface area contributed by atoms with Crippen molar-refractivity contribution in [3.63, 3.8) is 0 Å². The number of rotatable bonds is 16. The van der Waals surface area contributed by atoms with Crippen molar-refractivity contribution in [2.45, 2.75) is 97.0 Å². The van der Waals surface area contributed by atoms with Gasteiger partial charge in [0.05, 0.1) is 5.88 Å². The molecule has 0 amide bonds. The minimum absolute atomic E-state index is 0.149. The summed E-state index contributed by atoms with van der Waals surface area (Å²) in [6.07, 6.45) is 14.0. The summed E-state index contributed by atoms with van der Waals surface area (Å²) in [5.74, 6) is 0.198. The fourth-order valence-electron chi connectivity index (χ4n) is 2.14. The van der Waals surface area contributed by atoms with Gasteiger partial charge in [0.2, 0.25) is 0 Å². The van der Waals surface area contributed by atoms with E-state index < -0.39 is 0 Å². The number of aldehydes is 1. The van der Waals surface area contributed by atoms with Gasteiger partial charge < -0.3 is 14.3 Å². The highest BCUT2D eigenvalue weighted by molar-refractivity contribution is 6.18. The van der Waals surface area contributed by atoms with Crippen LogP contribution in [-0.2, 0) is 19.1 Å². The molecule has 0 N–H and O–H groups in total. The Labute approximate surface area is 160 Å². The number of halogens is 1. The van der Waals surface area contributed by atoms with E-state index in [0.29, 0.717) is 12.3 Å². The lowest BCUT2D eigenvalue weighted by Gasteiger charge is -2.12. The standard InChI is InChI=1S/C12H23ClO3.C8H16O/c1-3-4-5-6-7-8-12(14)16-10-11(9-13)15-2;1-2-3-4-5-6-7-8-9/h11H,3-10H2,1-2H3;8H,2-7H2,1H3. The van der Waals surface area contributed by atoms with Crippen molar-refractivity contribution in [2.24, 2.45) is 0 Å². The van der Waals surface area contributed by atoms with Gasteiger partial charge in [-0.05, 0) is 12.8 Å². The molecule has 0 rings (SSSR count). The smallest absolute Gasteiger partial charge is 0.305 e. The summed E-state index contributed by atoms with van der Waals surface area (Å²) in [6, 6.07) is 0. The van der Waals surface area contributed by atoms with Crippen molar-refractivity contribution < 1.29 is 19.1 Å². The number of esters is 1. The highest BCUT2D eigenvalue weighted by Gasteiger charge is 2.09. The molecule has 1 atom stereocenters. The van der Waals surface area contributed by atoms with E-state index in [1.807, 2.05) is 0 Å². The SMILES string of the molecule is CCCCCCCC(=O)OCC(CCl)OC.CCCCCCCC=O. The van der Waals surface area contributed by atoms with Gasteiger partial charge in [0, 0.05) is 20.0 Å². The van der Waals surface area contributed by atoms with E-state index >= 15 is 0 Å². The number of ether oxygens (including phenoxy) is 2. The molecular weight excluding hydrogens is 340 g/mol. The van der Waals surface area contributed by atoms with E-state index in [9.17, 15) is 9.59 Å². The van der Waals surface area contributed by atoms with Crippen molar-refractivity contribution in [1.29, 1.82) is 0 Å². The molecule has 5 heteroatoms. The van der Waals surface area contributed by atoms with E-state index in [1.165, 1.54) is 44.9 Å². The molecule has 4 nitrogen and oxygen atoms in total. The van der Waals surface area contributed by atoms with Crippen LogP contribution in [0, 0.1) is 0 Å². The van der Waals surface area contributed by atoms with Gasteiger partial charge in [-0.1, -0.05) is 65.2 Å². The molecular formula is C20H39ClO4. The summed E-state index contributed by atoms with van der Waals surface area (Å²) in [5, 5.41) is 0. The number of carbonyl (C=O) groups is 2. The zero-order valence-corrected chi connectivity index (χ0v) is 17.3. The van der Waals surface area contributed by atoms with Crippen LogP contribution in [-0.4, -0.2) is 38.0 Å². The summed E-state index contributed by atoms with van der Waals surface area (Å²) < 4.78 is 10.0. The molecule has 150 valence electrons. The van der Waals surface area contributed by atoms with Gasteiger partial charge in [-0.3, -0.25) is 4.79 Å². The predicted molar refractivity (Wildman–Crippen MR) is 105 cm³/mol. The number of hydrogen-bond donors (Lipinski definition) is 0. The number of hydrogen-bond acceptors (Lipinski definition) is 4. The molecule has 0 aliphatic carbocycles. The first-order chi connectivity index (χ1) is 12.2. The molecule has 0 spiro atoms. The molecule has 0 aromatic rings. The van der Waals surface area contributed by atoms with Gasteiger partial charge in [0.1, 0.15) is 19.0 Å². The Balaban J connectivity index is 0. The lowest BCUT2D eigenvalue weighted by atomic mass is 10.1. The zero-order chi connectivity index (χ0) is 19.2. The molecule has 0 aromatic heterocycles. The molecule has 0 heterocycles.